The van der Waals surface area contributed by atoms with E-state index in [1.807, 2.05) is 19.9 Å². The van der Waals surface area contributed by atoms with Gasteiger partial charge in [0.1, 0.15) is 0 Å². The number of rotatable bonds is 3. The van der Waals surface area contributed by atoms with Crippen molar-refractivity contribution in [3.63, 3.8) is 0 Å². The molecule has 3 N–H and O–H groups in total. The van der Waals surface area contributed by atoms with Gasteiger partial charge in [-0.3, -0.25) is 0 Å². The highest BCUT2D eigenvalue weighted by Gasteiger charge is 2.34. The summed E-state index contributed by atoms with van der Waals surface area (Å²) >= 11 is 0. The third kappa shape index (κ3) is 3.24. The second-order valence-electron chi connectivity index (χ2n) is 7.09. The Balaban J connectivity index is 2.37. The summed E-state index contributed by atoms with van der Waals surface area (Å²) < 4.78 is 28.4. The molecule has 0 saturated heterocycles. The molecule has 0 bridgehead atoms. The summed E-state index contributed by atoms with van der Waals surface area (Å²) in [7, 11) is -3.53. The zero-order valence-corrected chi connectivity index (χ0v) is 14.4. The lowest BCUT2D eigenvalue weighted by atomic mass is 9.92. The lowest BCUT2D eigenvalue weighted by Gasteiger charge is -2.20. The van der Waals surface area contributed by atoms with Crippen LogP contribution in [0.3, 0.4) is 0 Å². The first-order valence-corrected chi connectivity index (χ1v) is 8.90. The van der Waals surface area contributed by atoms with Crippen LogP contribution in [0.4, 0.5) is 5.69 Å². The van der Waals surface area contributed by atoms with Gasteiger partial charge in [-0.25, -0.2) is 13.1 Å². The molecule has 1 atom stereocenters. The van der Waals surface area contributed by atoms with Gasteiger partial charge in [0, 0.05) is 11.7 Å². The van der Waals surface area contributed by atoms with Crippen LogP contribution >= 0.6 is 0 Å². The average Bonchev–Trinajstić information content (AvgIpc) is 2.65. The molecular weight excluding hydrogens is 284 g/mol. The van der Waals surface area contributed by atoms with Gasteiger partial charge in [-0.2, -0.15) is 0 Å². The molecule has 1 saturated carbocycles. The van der Waals surface area contributed by atoms with Crippen LogP contribution in [0.15, 0.2) is 11.0 Å². The number of anilines is 1. The Hall–Kier alpha value is -1.07. The second-order valence-corrected chi connectivity index (χ2v) is 8.74. The van der Waals surface area contributed by atoms with Crippen LogP contribution in [0.1, 0.15) is 49.8 Å². The van der Waals surface area contributed by atoms with Crippen molar-refractivity contribution in [1.29, 1.82) is 0 Å². The molecule has 5 heteroatoms. The van der Waals surface area contributed by atoms with Crippen LogP contribution in [0, 0.1) is 26.2 Å². The average molecular weight is 310 g/mol. The number of benzene rings is 1. The van der Waals surface area contributed by atoms with Gasteiger partial charge in [0.15, 0.2) is 0 Å². The summed E-state index contributed by atoms with van der Waals surface area (Å²) in [4.78, 5) is 0.352. The molecule has 1 aromatic rings. The number of hydrogen-bond donors (Lipinski definition) is 2. The van der Waals surface area contributed by atoms with Crippen molar-refractivity contribution >= 4 is 15.7 Å². The van der Waals surface area contributed by atoms with Crippen molar-refractivity contribution in [3.05, 3.63) is 22.8 Å². The third-order valence-corrected chi connectivity index (χ3v) is 6.43. The summed E-state index contributed by atoms with van der Waals surface area (Å²) in [6, 6.07) is 1.85. The summed E-state index contributed by atoms with van der Waals surface area (Å²) in [5.74, 6) is 0. The van der Waals surface area contributed by atoms with E-state index in [2.05, 4.69) is 18.6 Å². The highest BCUT2D eigenvalue weighted by atomic mass is 32.2. The van der Waals surface area contributed by atoms with Crippen LogP contribution in [0.2, 0.25) is 0 Å². The van der Waals surface area contributed by atoms with E-state index in [9.17, 15) is 8.42 Å². The van der Waals surface area contributed by atoms with Gasteiger partial charge in [0.2, 0.25) is 10.0 Å². The first-order valence-electron chi connectivity index (χ1n) is 7.42. The van der Waals surface area contributed by atoms with Crippen molar-refractivity contribution in [2.75, 3.05) is 5.73 Å². The lowest BCUT2D eigenvalue weighted by molar-refractivity contribution is 0.372. The maximum Gasteiger partial charge on any atom is 0.241 e. The fraction of sp³-hybridized carbons (Fsp3) is 0.625. The topological polar surface area (TPSA) is 72.2 Å². The molecule has 0 radical (unpaired) electrons. The van der Waals surface area contributed by atoms with E-state index in [1.165, 1.54) is 0 Å². The van der Waals surface area contributed by atoms with Gasteiger partial charge in [0.05, 0.1) is 4.90 Å². The quantitative estimate of drug-likeness (QED) is 0.843. The normalized spacial score (nSPS) is 21.7. The maximum atomic E-state index is 12.8. The van der Waals surface area contributed by atoms with Crippen LogP contribution in [0.25, 0.3) is 0 Å². The van der Waals surface area contributed by atoms with Crippen molar-refractivity contribution in [2.24, 2.45) is 5.41 Å². The minimum atomic E-state index is -3.53. The van der Waals surface area contributed by atoms with Gasteiger partial charge < -0.3 is 5.73 Å². The van der Waals surface area contributed by atoms with E-state index in [0.29, 0.717) is 16.1 Å². The Morgan fingerprint density at radius 3 is 2.38 bits per heavy atom. The first kappa shape index (κ1) is 16.3. The second kappa shape index (κ2) is 5.29. The van der Waals surface area contributed by atoms with Gasteiger partial charge in [-0.05, 0) is 68.2 Å². The molecule has 1 aliphatic rings. The van der Waals surface area contributed by atoms with Crippen molar-refractivity contribution < 1.29 is 8.42 Å². The zero-order valence-electron chi connectivity index (χ0n) is 13.6. The Labute approximate surface area is 128 Å². The molecule has 0 spiro atoms. The number of sulfonamides is 1. The summed E-state index contributed by atoms with van der Waals surface area (Å²) in [6.45, 7) is 9.87. The van der Waals surface area contributed by atoms with Gasteiger partial charge in [0.25, 0.3) is 0 Å². The smallest absolute Gasteiger partial charge is 0.241 e. The molecule has 0 amide bonds. The standard InChI is InChI=1S/C16H26N2O2S/c1-10-8-14(17)12(3)15(11(10)2)21(19,20)18-13-6-7-16(4,5)9-13/h8,13,18H,6-7,9,17H2,1-5H3. The summed E-state index contributed by atoms with van der Waals surface area (Å²) in [6.07, 6.45) is 2.82. The predicted molar refractivity (Wildman–Crippen MR) is 86.8 cm³/mol. The molecule has 0 aliphatic heterocycles. The Kier molecular flexibility index (Phi) is 4.10. The highest BCUT2D eigenvalue weighted by Crippen LogP contribution is 2.38. The molecule has 1 fully saturated rings. The number of nitrogen functional groups attached to an aromatic ring is 1. The van der Waals surface area contributed by atoms with E-state index < -0.39 is 10.0 Å². The number of nitrogens with one attached hydrogen (secondary N) is 1. The van der Waals surface area contributed by atoms with Gasteiger partial charge in [-0.15, -0.1) is 0 Å². The van der Waals surface area contributed by atoms with E-state index in [0.717, 1.165) is 30.4 Å². The van der Waals surface area contributed by atoms with Crippen LogP contribution in [0.5, 0.6) is 0 Å². The Morgan fingerprint density at radius 2 is 1.86 bits per heavy atom. The highest BCUT2D eigenvalue weighted by molar-refractivity contribution is 7.89. The molecular formula is C16H26N2O2S. The SMILES string of the molecule is Cc1cc(N)c(C)c(S(=O)(=O)NC2CCC(C)(C)C2)c1C. The molecule has 118 valence electrons. The molecule has 1 unspecified atom stereocenters. The minimum absolute atomic E-state index is 0.0190. The number of hydrogen-bond acceptors (Lipinski definition) is 3. The number of nitrogens with two attached hydrogens (primary N) is 1. The van der Waals surface area contributed by atoms with E-state index in [1.54, 1.807) is 6.92 Å². The lowest BCUT2D eigenvalue weighted by Crippen LogP contribution is -2.34. The largest absolute Gasteiger partial charge is 0.398 e. The zero-order chi connectivity index (χ0) is 16.0. The van der Waals surface area contributed by atoms with Gasteiger partial charge >= 0.3 is 0 Å². The van der Waals surface area contributed by atoms with Crippen LogP contribution in [-0.2, 0) is 10.0 Å². The third-order valence-electron chi connectivity index (χ3n) is 4.64. The predicted octanol–water partition coefficient (Wildman–Crippen LogP) is 3.05. The van der Waals surface area contributed by atoms with E-state index >= 15 is 0 Å². The summed E-state index contributed by atoms with van der Waals surface area (Å²) in [5.41, 5.74) is 9.02. The summed E-state index contributed by atoms with van der Waals surface area (Å²) in [5, 5.41) is 0. The minimum Gasteiger partial charge on any atom is -0.398 e. The van der Waals surface area contributed by atoms with Crippen LogP contribution in [-0.4, -0.2) is 14.5 Å². The Bertz CT molecular complexity index is 637. The molecule has 0 heterocycles. The monoisotopic (exact) mass is 310 g/mol. The van der Waals surface area contributed by atoms with Crippen molar-refractivity contribution in [2.45, 2.75) is 64.8 Å². The molecule has 1 aromatic carbocycles. The Morgan fingerprint density at radius 1 is 1.24 bits per heavy atom. The molecule has 4 nitrogen and oxygen atoms in total. The van der Waals surface area contributed by atoms with E-state index in [4.69, 9.17) is 5.73 Å². The fourth-order valence-corrected chi connectivity index (χ4v) is 5.10. The maximum absolute atomic E-state index is 12.8. The van der Waals surface area contributed by atoms with Crippen molar-refractivity contribution in [3.8, 4) is 0 Å². The first-order chi connectivity index (χ1) is 9.53. The molecule has 0 aromatic heterocycles. The van der Waals surface area contributed by atoms with E-state index in [-0.39, 0.29) is 11.5 Å². The molecule has 21 heavy (non-hydrogen) atoms. The van der Waals surface area contributed by atoms with Crippen LogP contribution < -0.4 is 10.5 Å². The molecule has 1 aliphatic carbocycles. The molecule has 2 rings (SSSR count). The number of aryl methyl sites for hydroxylation is 1. The van der Waals surface area contributed by atoms with Crippen molar-refractivity contribution in [1.82, 2.24) is 4.72 Å². The fourth-order valence-electron chi connectivity index (χ4n) is 3.26. The van der Waals surface area contributed by atoms with Gasteiger partial charge in [-0.1, -0.05) is 13.8 Å².